The second-order valence-corrected chi connectivity index (χ2v) is 8.08. The molecule has 0 aliphatic carbocycles. The lowest BCUT2D eigenvalue weighted by Gasteiger charge is -2.37. The van der Waals surface area contributed by atoms with Crippen LogP contribution in [0.3, 0.4) is 0 Å². The quantitative estimate of drug-likeness (QED) is 0.692. The van der Waals surface area contributed by atoms with Crippen LogP contribution in [0.4, 0.5) is 0 Å². The van der Waals surface area contributed by atoms with Gasteiger partial charge in [-0.25, -0.2) is 0 Å². The Hall–Kier alpha value is -2.51. The van der Waals surface area contributed by atoms with E-state index in [1.54, 1.807) is 24.3 Å². The van der Waals surface area contributed by atoms with Gasteiger partial charge in [0.1, 0.15) is 18.4 Å². The van der Waals surface area contributed by atoms with Crippen molar-refractivity contribution < 1.29 is 18.7 Å². The van der Waals surface area contributed by atoms with Crippen molar-refractivity contribution >= 4 is 23.4 Å². The fraction of sp³-hybridized carbons (Fsp3) is 0.455. The first kappa shape index (κ1) is 22.2. The number of ether oxygens (including phenoxy) is 1. The predicted octanol–water partition coefficient (Wildman–Crippen LogP) is 2.91. The van der Waals surface area contributed by atoms with Crippen molar-refractivity contribution in [1.82, 2.24) is 15.1 Å². The summed E-state index contributed by atoms with van der Waals surface area (Å²) in [6, 6.07) is 9.96. The predicted molar refractivity (Wildman–Crippen MR) is 115 cm³/mol. The van der Waals surface area contributed by atoms with E-state index in [0.29, 0.717) is 24.7 Å². The summed E-state index contributed by atoms with van der Waals surface area (Å²) in [5, 5.41) is 3.50. The van der Waals surface area contributed by atoms with Crippen LogP contribution in [0.5, 0.6) is 5.75 Å². The molecule has 0 radical (unpaired) electrons. The highest BCUT2D eigenvalue weighted by atomic mass is 35.5. The zero-order valence-corrected chi connectivity index (χ0v) is 18.1. The van der Waals surface area contributed by atoms with Crippen LogP contribution in [0.2, 0.25) is 5.02 Å². The van der Waals surface area contributed by atoms with Crippen molar-refractivity contribution in [3.63, 3.8) is 0 Å². The van der Waals surface area contributed by atoms with Crippen LogP contribution < -0.4 is 10.1 Å². The molecule has 0 spiro atoms. The lowest BCUT2D eigenvalue weighted by molar-refractivity contribution is -0.136. The molecule has 0 bridgehead atoms. The number of rotatable bonds is 8. The Kier molecular flexibility index (Phi) is 7.76. The summed E-state index contributed by atoms with van der Waals surface area (Å²) in [7, 11) is 0. The number of halogens is 1. The Balaban J connectivity index is 1.44. The number of carbonyl (C=O) groups is 2. The van der Waals surface area contributed by atoms with E-state index in [1.807, 2.05) is 30.9 Å². The van der Waals surface area contributed by atoms with Crippen molar-refractivity contribution in [1.29, 1.82) is 0 Å². The molecular weight excluding hydrogens is 406 g/mol. The van der Waals surface area contributed by atoms with Gasteiger partial charge in [-0.15, -0.1) is 0 Å². The number of hydrogen-bond acceptors (Lipinski definition) is 5. The van der Waals surface area contributed by atoms with Gasteiger partial charge in [-0.2, -0.15) is 0 Å². The number of carbonyl (C=O) groups excluding carboxylic acids is 2. The summed E-state index contributed by atoms with van der Waals surface area (Å²) in [5.41, 5.74) is 0. The summed E-state index contributed by atoms with van der Waals surface area (Å²) < 4.78 is 10.9. The number of nitrogens with one attached hydrogen (secondary N) is 1. The van der Waals surface area contributed by atoms with Crippen molar-refractivity contribution in [3.8, 4) is 5.75 Å². The van der Waals surface area contributed by atoms with Crippen LogP contribution in [0.25, 0.3) is 0 Å². The van der Waals surface area contributed by atoms with E-state index < -0.39 is 6.04 Å². The van der Waals surface area contributed by atoms with E-state index in [9.17, 15) is 9.59 Å². The summed E-state index contributed by atoms with van der Waals surface area (Å²) in [6.45, 7) is 8.00. The molecule has 1 aliphatic rings. The minimum atomic E-state index is -0.581. The van der Waals surface area contributed by atoms with E-state index in [0.717, 1.165) is 25.4 Å². The van der Waals surface area contributed by atoms with E-state index >= 15 is 0 Å². The minimum Gasteiger partial charge on any atom is -0.492 e. The van der Waals surface area contributed by atoms with Gasteiger partial charge < -0.3 is 19.4 Å². The van der Waals surface area contributed by atoms with Crippen LogP contribution in [0, 0.1) is 5.92 Å². The third-order valence-corrected chi connectivity index (χ3v) is 5.39. The fourth-order valence-corrected chi connectivity index (χ4v) is 3.47. The molecule has 1 aromatic carbocycles. The molecule has 1 fully saturated rings. The Morgan fingerprint density at radius 1 is 1.13 bits per heavy atom. The van der Waals surface area contributed by atoms with Crippen LogP contribution in [-0.4, -0.2) is 67.0 Å². The molecule has 1 saturated heterocycles. The average Bonchev–Trinajstić information content (AvgIpc) is 3.28. The molecular formula is C22H28ClN3O4. The highest BCUT2D eigenvalue weighted by Crippen LogP contribution is 2.16. The molecule has 2 heterocycles. The first-order valence-electron chi connectivity index (χ1n) is 10.2. The first-order chi connectivity index (χ1) is 14.4. The highest BCUT2D eigenvalue weighted by molar-refractivity contribution is 6.30. The maximum Gasteiger partial charge on any atom is 0.287 e. The molecule has 1 aromatic heterocycles. The van der Waals surface area contributed by atoms with E-state index in [-0.39, 0.29) is 23.5 Å². The van der Waals surface area contributed by atoms with Crippen molar-refractivity contribution in [2.24, 2.45) is 5.92 Å². The summed E-state index contributed by atoms with van der Waals surface area (Å²) in [4.78, 5) is 29.4. The average molecular weight is 434 g/mol. The zero-order valence-electron chi connectivity index (χ0n) is 17.3. The number of piperazine rings is 1. The van der Waals surface area contributed by atoms with Gasteiger partial charge in [0.05, 0.1) is 6.26 Å². The number of benzene rings is 1. The van der Waals surface area contributed by atoms with Crippen LogP contribution in [-0.2, 0) is 4.79 Å². The van der Waals surface area contributed by atoms with Gasteiger partial charge in [0.2, 0.25) is 5.91 Å². The SMILES string of the molecule is CC(C)[C@H](NC(=O)c1ccco1)C(=O)N1CCN(CCOc2ccc(Cl)cc2)CC1. The van der Waals surface area contributed by atoms with E-state index in [4.69, 9.17) is 20.8 Å². The van der Waals surface area contributed by atoms with Gasteiger partial charge in [0.25, 0.3) is 5.91 Å². The number of nitrogens with zero attached hydrogens (tertiary/aromatic N) is 2. The van der Waals surface area contributed by atoms with Crippen LogP contribution >= 0.6 is 11.6 Å². The molecule has 2 aromatic rings. The van der Waals surface area contributed by atoms with Gasteiger partial charge in [-0.05, 0) is 42.3 Å². The normalized spacial score (nSPS) is 15.8. The van der Waals surface area contributed by atoms with Gasteiger partial charge in [-0.3, -0.25) is 14.5 Å². The smallest absolute Gasteiger partial charge is 0.287 e. The first-order valence-corrected chi connectivity index (χ1v) is 10.6. The zero-order chi connectivity index (χ0) is 21.5. The van der Waals surface area contributed by atoms with Crippen LogP contribution in [0.1, 0.15) is 24.4 Å². The Morgan fingerprint density at radius 2 is 1.83 bits per heavy atom. The topological polar surface area (TPSA) is 75.0 Å². The molecule has 2 amide bonds. The largest absolute Gasteiger partial charge is 0.492 e. The summed E-state index contributed by atoms with van der Waals surface area (Å²) in [6.07, 6.45) is 1.44. The third kappa shape index (κ3) is 6.00. The molecule has 30 heavy (non-hydrogen) atoms. The van der Waals surface area contributed by atoms with Crippen molar-refractivity contribution in [2.45, 2.75) is 19.9 Å². The maximum atomic E-state index is 13.0. The lowest BCUT2D eigenvalue weighted by atomic mass is 10.0. The standard InChI is InChI=1S/C22H28ClN3O4/c1-16(2)20(24-21(27)19-4-3-14-30-19)22(28)26-11-9-25(10-12-26)13-15-29-18-7-5-17(23)6-8-18/h3-8,14,16,20H,9-13,15H2,1-2H3,(H,24,27)/t20-/m0/s1. The maximum absolute atomic E-state index is 13.0. The molecule has 162 valence electrons. The third-order valence-electron chi connectivity index (χ3n) is 5.14. The molecule has 1 aliphatic heterocycles. The van der Waals surface area contributed by atoms with Crippen molar-refractivity contribution in [2.75, 3.05) is 39.3 Å². The van der Waals surface area contributed by atoms with Gasteiger partial charge in [-0.1, -0.05) is 25.4 Å². The molecule has 0 saturated carbocycles. The number of hydrogen-bond donors (Lipinski definition) is 1. The molecule has 7 nitrogen and oxygen atoms in total. The lowest BCUT2D eigenvalue weighted by Crippen LogP contribution is -2.56. The Morgan fingerprint density at radius 3 is 2.43 bits per heavy atom. The van der Waals surface area contributed by atoms with Crippen molar-refractivity contribution in [3.05, 3.63) is 53.4 Å². The fourth-order valence-electron chi connectivity index (χ4n) is 3.35. The Labute approximate surface area is 181 Å². The summed E-state index contributed by atoms with van der Waals surface area (Å²) >= 11 is 5.88. The molecule has 3 rings (SSSR count). The van der Waals surface area contributed by atoms with Crippen LogP contribution in [0.15, 0.2) is 47.1 Å². The molecule has 8 heteroatoms. The molecule has 0 unspecified atom stereocenters. The minimum absolute atomic E-state index is 0.0257. The summed E-state index contributed by atoms with van der Waals surface area (Å²) in [5.74, 6) is 0.550. The van der Waals surface area contributed by atoms with Gasteiger partial charge in [0.15, 0.2) is 5.76 Å². The van der Waals surface area contributed by atoms with Gasteiger partial charge >= 0.3 is 0 Å². The molecule has 1 N–H and O–H groups in total. The Bertz CT molecular complexity index is 815. The number of furan rings is 1. The molecule has 1 atom stereocenters. The van der Waals surface area contributed by atoms with E-state index in [2.05, 4.69) is 10.2 Å². The van der Waals surface area contributed by atoms with E-state index in [1.165, 1.54) is 6.26 Å². The van der Waals surface area contributed by atoms with Gasteiger partial charge in [0, 0.05) is 37.7 Å². The second-order valence-electron chi connectivity index (χ2n) is 7.64. The second kappa shape index (κ2) is 10.5. The number of amides is 2. The monoisotopic (exact) mass is 433 g/mol. The highest BCUT2D eigenvalue weighted by Gasteiger charge is 2.31.